The first kappa shape index (κ1) is 12.2. The Morgan fingerprint density at radius 1 is 1.26 bits per heavy atom. The molecule has 0 saturated heterocycles. The van der Waals surface area contributed by atoms with Crippen LogP contribution in [0.15, 0.2) is 28.7 Å². The van der Waals surface area contributed by atoms with Gasteiger partial charge in [0.25, 0.3) is 6.01 Å². The molecule has 1 aliphatic heterocycles. The van der Waals surface area contributed by atoms with E-state index < -0.39 is 0 Å². The summed E-state index contributed by atoms with van der Waals surface area (Å²) in [5.41, 5.74) is 9.34. The third-order valence-electron chi connectivity index (χ3n) is 3.66. The van der Waals surface area contributed by atoms with Crippen LogP contribution in [0.4, 0.5) is 6.01 Å². The molecule has 2 aromatic rings. The Morgan fingerprint density at radius 3 is 2.74 bits per heavy atom. The summed E-state index contributed by atoms with van der Waals surface area (Å²) in [4.78, 5) is 6.57. The fourth-order valence-electron chi connectivity index (χ4n) is 2.54. The van der Waals surface area contributed by atoms with Gasteiger partial charge in [-0.1, -0.05) is 31.2 Å². The Morgan fingerprint density at radius 2 is 2.00 bits per heavy atom. The van der Waals surface area contributed by atoms with Gasteiger partial charge in [-0.2, -0.15) is 4.98 Å². The number of aromatic nitrogens is 1. The molecular weight excluding hydrogens is 238 g/mol. The number of oxazole rings is 1. The minimum atomic E-state index is 0.291. The summed E-state index contributed by atoms with van der Waals surface area (Å²) in [5.74, 6) is 0.925. The molecule has 4 nitrogen and oxygen atoms in total. The van der Waals surface area contributed by atoms with Crippen LogP contribution in [0.3, 0.4) is 0 Å². The highest BCUT2D eigenvalue weighted by molar-refractivity contribution is 5.24. The molecule has 19 heavy (non-hydrogen) atoms. The minimum Gasteiger partial charge on any atom is -0.427 e. The topological polar surface area (TPSA) is 55.3 Å². The molecule has 1 aliphatic rings. The van der Waals surface area contributed by atoms with Crippen molar-refractivity contribution < 1.29 is 4.42 Å². The lowest BCUT2D eigenvalue weighted by Crippen LogP contribution is -2.29. The molecule has 2 N–H and O–H groups in total. The molecule has 0 amide bonds. The molecular formula is C15H19N3O. The monoisotopic (exact) mass is 257 g/mol. The predicted octanol–water partition coefficient (Wildman–Crippen LogP) is 2.38. The number of benzene rings is 1. The Hall–Kier alpha value is -1.81. The van der Waals surface area contributed by atoms with Crippen LogP contribution in [0.25, 0.3) is 0 Å². The number of nitrogens with zero attached hydrogens (tertiary/aromatic N) is 2. The molecule has 0 saturated carbocycles. The van der Waals surface area contributed by atoms with E-state index in [-0.39, 0.29) is 0 Å². The summed E-state index contributed by atoms with van der Waals surface area (Å²) in [5, 5.41) is 0. The zero-order valence-electron chi connectivity index (χ0n) is 11.2. The van der Waals surface area contributed by atoms with Gasteiger partial charge in [0, 0.05) is 19.5 Å². The zero-order valence-corrected chi connectivity index (χ0v) is 11.2. The zero-order chi connectivity index (χ0) is 13.2. The summed E-state index contributed by atoms with van der Waals surface area (Å²) >= 11 is 0. The maximum Gasteiger partial charge on any atom is 0.292 e. The average Bonchev–Trinajstić information content (AvgIpc) is 2.79. The van der Waals surface area contributed by atoms with Crippen LogP contribution >= 0.6 is 0 Å². The quantitative estimate of drug-likeness (QED) is 0.917. The largest absolute Gasteiger partial charge is 0.427 e. The second-order valence-corrected chi connectivity index (χ2v) is 5.05. The van der Waals surface area contributed by atoms with Gasteiger partial charge in [-0.3, -0.25) is 4.90 Å². The summed E-state index contributed by atoms with van der Waals surface area (Å²) < 4.78 is 5.44. The molecule has 0 spiro atoms. The standard InChI is InChI=1S/C15H19N3O/c1-2-11-3-5-12(6-4-11)9-18-8-7-13-14(10-18)19-15(16)17-13/h3-6H,2,7-10H2,1H3,(H2,16,17). The van der Waals surface area contributed by atoms with E-state index in [9.17, 15) is 0 Å². The van der Waals surface area contributed by atoms with E-state index in [1.807, 2.05) is 0 Å². The molecule has 4 heteroatoms. The van der Waals surface area contributed by atoms with Crippen molar-refractivity contribution >= 4 is 6.01 Å². The molecule has 1 aromatic heterocycles. The van der Waals surface area contributed by atoms with Crippen LogP contribution < -0.4 is 5.73 Å². The first-order valence-corrected chi connectivity index (χ1v) is 6.79. The highest BCUT2D eigenvalue weighted by atomic mass is 16.4. The lowest BCUT2D eigenvalue weighted by molar-refractivity contribution is 0.222. The van der Waals surface area contributed by atoms with E-state index >= 15 is 0 Å². The van der Waals surface area contributed by atoms with Gasteiger partial charge >= 0.3 is 0 Å². The second-order valence-electron chi connectivity index (χ2n) is 5.05. The molecule has 0 atom stereocenters. The van der Waals surface area contributed by atoms with Gasteiger partial charge < -0.3 is 10.2 Å². The van der Waals surface area contributed by atoms with E-state index in [0.717, 1.165) is 43.9 Å². The first-order valence-electron chi connectivity index (χ1n) is 6.79. The van der Waals surface area contributed by atoms with Gasteiger partial charge in [0.2, 0.25) is 0 Å². The summed E-state index contributed by atoms with van der Waals surface area (Å²) in [6.07, 6.45) is 2.01. The van der Waals surface area contributed by atoms with Gasteiger partial charge in [0.1, 0.15) is 5.76 Å². The molecule has 0 unspecified atom stereocenters. The second kappa shape index (κ2) is 5.05. The van der Waals surface area contributed by atoms with Crippen molar-refractivity contribution in [3.8, 4) is 0 Å². The van der Waals surface area contributed by atoms with Crippen LogP contribution in [0, 0.1) is 0 Å². The molecule has 100 valence electrons. The Kier molecular flexibility index (Phi) is 3.25. The molecule has 1 aromatic carbocycles. The lowest BCUT2D eigenvalue weighted by Gasteiger charge is -2.25. The SMILES string of the molecule is CCc1ccc(CN2CCc3nc(N)oc3C2)cc1. The fourth-order valence-corrected chi connectivity index (χ4v) is 2.54. The number of hydrogen-bond donors (Lipinski definition) is 1. The van der Waals surface area contributed by atoms with Gasteiger partial charge in [-0.05, 0) is 17.5 Å². The lowest BCUT2D eigenvalue weighted by atomic mass is 10.1. The third kappa shape index (κ3) is 2.63. The molecule has 0 radical (unpaired) electrons. The van der Waals surface area contributed by atoms with Crippen LogP contribution in [0.2, 0.25) is 0 Å². The van der Waals surface area contributed by atoms with Crippen LogP contribution in [0.1, 0.15) is 29.5 Å². The Balaban J connectivity index is 1.68. The molecule has 2 heterocycles. The molecule has 0 bridgehead atoms. The summed E-state index contributed by atoms with van der Waals surface area (Å²) in [6, 6.07) is 9.12. The van der Waals surface area contributed by atoms with Gasteiger partial charge in [0.05, 0.1) is 12.2 Å². The van der Waals surface area contributed by atoms with Crippen molar-refractivity contribution in [3.63, 3.8) is 0 Å². The number of aryl methyl sites for hydroxylation is 1. The van der Waals surface area contributed by atoms with E-state index in [0.29, 0.717) is 6.01 Å². The van der Waals surface area contributed by atoms with Crippen molar-refractivity contribution in [2.75, 3.05) is 12.3 Å². The van der Waals surface area contributed by atoms with Crippen molar-refractivity contribution in [3.05, 3.63) is 46.8 Å². The van der Waals surface area contributed by atoms with E-state index in [1.54, 1.807) is 0 Å². The van der Waals surface area contributed by atoms with E-state index in [4.69, 9.17) is 10.2 Å². The summed E-state index contributed by atoms with van der Waals surface area (Å²) in [7, 11) is 0. The molecule has 0 fully saturated rings. The molecule has 3 rings (SSSR count). The average molecular weight is 257 g/mol. The maximum atomic E-state index is 5.59. The van der Waals surface area contributed by atoms with Crippen LogP contribution in [-0.2, 0) is 25.9 Å². The maximum absolute atomic E-state index is 5.59. The van der Waals surface area contributed by atoms with Crippen molar-refractivity contribution in [2.24, 2.45) is 0 Å². The third-order valence-corrected chi connectivity index (χ3v) is 3.66. The number of fused-ring (bicyclic) bond motifs is 1. The van der Waals surface area contributed by atoms with Crippen LogP contribution in [-0.4, -0.2) is 16.4 Å². The van der Waals surface area contributed by atoms with Gasteiger partial charge in [0.15, 0.2) is 0 Å². The highest BCUT2D eigenvalue weighted by Gasteiger charge is 2.21. The van der Waals surface area contributed by atoms with Crippen molar-refractivity contribution in [2.45, 2.75) is 32.9 Å². The summed E-state index contributed by atoms with van der Waals surface area (Å²) in [6.45, 7) is 4.93. The normalized spacial score (nSPS) is 15.4. The number of nitrogen functional groups attached to an aromatic ring is 1. The van der Waals surface area contributed by atoms with Crippen molar-refractivity contribution in [1.82, 2.24) is 9.88 Å². The van der Waals surface area contributed by atoms with E-state index in [2.05, 4.69) is 41.1 Å². The number of nitrogens with two attached hydrogens (primary N) is 1. The first-order chi connectivity index (χ1) is 9.24. The minimum absolute atomic E-state index is 0.291. The van der Waals surface area contributed by atoms with E-state index in [1.165, 1.54) is 11.1 Å². The van der Waals surface area contributed by atoms with Gasteiger partial charge in [-0.15, -0.1) is 0 Å². The van der Waals surface area contributed by atoms with Crippen molar-refractivity contribution in [1.29, 1.82) is 0 Å². The Labute approximate surface area is 113 Å². The fraction of sp³-hybridized carbons (Fsp3) is 0.400. The number of anilines is 1. The number of hydrogen-bond acceptors (Lipinski definition) is 4. The van der Waals surface area contributed by atoms with Crippen LogP contribution in [0.5, 0.6) is 0 Å². The smallest absolute Gasteiger partial charge is 0.292 e. The number of rotatable bonds is 3. The highest BCUT2D eigenvalue weighted by Crippen LogP contribution is 2.22. The predicted molar refractivity (Wildman–Crippen MR) is 74.6 cm³/mol. The van der Waals surface area contributed by atoms with Gasteiger partial charge in [-0.25, -0.2) is 0 Å². The molecule has 0 aliphatic carbocycles. The Bertz CT molecular complexity index is 559.